The molecule has 2 aliphatic rings. The van der Waals surface area contributed by atoms with Gasteiger partial charge in [0.05, 0.1) is 35.5 Å². The second-order valence-electron chi connectivity index (χ2n) is 8.26. The number of carbonyl (C=O) groups excluding carboxylic acids is 2. The van der Waals surface area contributed by atoms with Gasteiger partial charge in [-0.1, -0.05) is 6.07 Å². The minimum absolute atomic E-state index is 0.182. The number of nitrogens with one attached hydrogen (secondary N) is 2. The molecule has 0 aliphatic carbocycles. The third-order valence-corrected chi connectivity index (χ3v) is 6.81. The predicted octanol–water partition coefficient (Wildman–Crippen LogP) is 3.23. The molecule has 2 aromatic rings. The van der Waals surface area contributed by atoms with E-state index in [2.05, 4.69) is 10.6 Å². The number of cyclic esters (lactones) is 1. The molecule has 0 spiro atoms. The number of benzene rings is 1. The Morgan fingerprint density at radius 3 is 2.88 bits per heavy atom. The molecule has 182 valence electrons. The van der Waals surface area contributed by atoms with E-state index in [-0.39, 0.29) is 23.9 Å². The summed E-state index contributed by atoms with van der Waals surface area (Å²) in [5.74, 6) is -0.758. The molecule has 2 saturated heterocycles. The van der Waals surface area contributed by atoms with E-state index in [0.29, 0.717) is 29.2 Å². The summed E-state index contributed by atoms with van der Waals surface area (Å²) in [6.07, 6.45) is -0.266. The van der Waals surface area contributed by atoms with Crippen LogP contribution < -0.4 is 20.4 Å². The summed E-state index contributed by atoms with van der Waals surface area (Å²) in [6, 6.07) is 7.97. The van der Waals surface area contributed by atoms with Crippen LogP contribution in [0.4, 0.5) is 20.6 Å². The van der Waals surface area contributed by atoms with E-state index < -0.39 is 30.3 Å². The molecule has 2 N–H and O–H groups in total. The zero-order valence-corrected chi connectivity index (χ0v) is 19.4. The predicted molar refractivity (Wildman–Crippen MR) is 125 cm³/mol. The highest BCUT2D eigenvalue weighted by atomic mass is 32.1. The fourth-order valence-corrected chi connectivity index (χ4v) is 5.02. The van der Waals surface area contributed by atoms with Crippen LogP contribution in [0, 0.1) is 15.9 Å². The van der Waals surface area contributed by atoms with Crippen LogP contribution >= 0.6 is 11.3 Å². The standard InChI is InChI=1S/C22H26FN5O5S/c1-14(29)24-12-16-13-27(22(30)33-16)15-7-8-18(17(23)11-15)26-9-3-2-6-20(26)25-21(28(31)32)19-5-4-10-34-19/h4-5,7-8,10-11,16,20-21,25H,2-3,6,9,12-13H2,1H3,(H,24,29)/t16-,20-,21-/m0/s1. The number of ether oxygens (including phenoxy) is 1. The summed E-state index contributed by atoms with van der Waals surface area (Å²) in [5, 5.41) is 19.2. The molecular formula is C22H26FN5O5S. The van der Waals surface area contributed by atoms with Gasteiger partial charge in [-0.05, 0) is 48.9 Å². The van der Waals surface area contributed by atoms with E-state index in [1.54, 1.807) is 29.6 Å². The summed E-state index contributed by atoms with van der Waals surface area (Å²) in [5.41, 5.74) is 0.663. The van der Waals surface area contributed by atoms with Crippen molar-refractivity contribution < 1.29 is 23.6 Å². The van der Waals surface area contributed by atoms with Crippen LogP contribution in [0.2, 0.25) is 0 Å². The Kier molecular flexibility index (Phi) is 7.27. The number of thiophene rings is 1. The topological polar surface area (TPSA) is 117 Å². The van der Waals surface area contributed by atoms with Gasteiger partial charge in [-0.25, -0.2) is 14.5 Å². The number of hydrogen-bond acceptors (Lipinski definition) is 8. The minimum Gasteiger partial charge on any atom is -0.442 e. The Balaban J connectivity index is 1.50. The van der Waals surface area contributed by atoms with Gasteiger partial charge in [0.2, 0.25) is 5.91 Å². The maximum atomic E-state index is 15.3. The summed E-state index contributed by atoms with van der Waals surface area (Å²) in [4.78, 5) is 38.4. The lowest BCUT2D eigenvalue weighted by atomic mass is 10.1. The van der Waals surface area contributed by atoms with E-state index in [0.717, 1.165) is 12.8 Å². The van der Waals surface area contributed by atoms with Gasteiger partial charge in [0.25, 0.3) is 0 Å². The molecule has 1 aromatic carbocycles. The smallest absolute Gasteiger partial charge is 0.414 e. The van der Waals surface area contributed by atoms with Crippen molar-refractivity contribution in [3.8, 4) is 0 Å². The minimum atomic E-state index is -1.08. The first-order valence-corrected chi connectivity index (χ1v) is 11.9. The number of anilines is 2. The van der Waals surface area contributed by atoms with Crippen LogP contribution in [-0.2, 0) is 9.53 Å². The molecule has 0 unspecified atom stereocenters. The van der Waals surface area contributed by atoms with Crippen molar-refractivity contribution >= 4 is 34.7 Å². The Morgan fingerprint density at radius 1 is 1.38 bits per heavy atom. The highest BCUT2D eigenvalue weighted by Gasteiger charge is 2.35. The number of piperidine rings is 1. The Labute approximate surface area is 199 Å². The first-order valence-electron chi connectivity index (χ1n) is 11.0. The van der Waals surface area contributed by atoms with Crippen molar-refractivity contribution in [3.05, 3.63) is 56.5 Å². The van der Waals surface area contributed by atoms with Crippen molar-refractivity contribution in [3.63, 3.8) is 0 Å². The Morgan fingerprint density at radius 2 is 2.21 bits per heavy atom. The number of carbonyl (C=O) groups is 2. The van der Waals surface area contributed by atoms with E-state index in [9.17, 15) is 19.7 Å². The second kappa shape index (κ2) is 10.3. The molecule has 3 heterocycles. The molecule has 4 rings (SSSR count). The number of hydrogen-bond donors (Lipinski definition) is 2. The monoisotopic (exact) mass is 491 g/mol. The van der Waals surface area contributed by atoms with Crippen LogP contribution in [0.25, 0.3) is 0 Å². The highest BCUT2D eigenvalue weighted by molar-refractivity contribution is 7.10. The molecule has 2 aliphatic heterocycles. The van der Waals surface area contributed by atoms with Gasteiger partial charge in [-0.3, -0.25) is 19.8 Å². The maximum Gasteiger partial charge on any atom is 0.414 e. The second-order valence-corrected chi connectivity index (χ2v) is 9.24. The van der Waals surface area contributed by atoms with Gasteiger partial charge >= 0.3 is 12.3 Å². The van der Waals surface area contributed by atoms with Gasteiger partial charge in [0.15, 0.2) is 0 Å². The van der Waals surface area contributed by atoms with Crippen LogP contribution in [-0.4, -0.2) is 48.8 Å². The lowest BCUT2D eigenvalue weighted by Crippen LogP contribution is -2.51. The van der Waals surface area contributed by atoms with E-state index in [1.165, 1.54) is 29.2 Å². The fraction of sp³-hybridized carbons (Fsp3) is 0.455. The van der Waals surface area contributed by atoms with Gasteiger partial charge < -0.3 is 15.0 Å². The first-order chi connectivity index (χ1) is 16.3. The van der Waals surface area contributed by atoms with Crippen molar-refractivity contribution in [1.82, 2.24) is 10.6 Å². The zero-order chi connectivity index (χ0) is 24.2. The molecule has 34 heavy (non-hydrogen) atoms. The third-order valence-electron chi connectivity index (χ3n) is 5.88. The number of amides is 2. The molecule has 1 aromatic heterocycles. The molecule has 3 atom stereocenters. The van der Waals surface area contributed by atoms with Crippen LogP contribution in [0.1, 0.15) is 37.2 Å². The lowest BCUT2D eigenvalue weighted by Gasteiger charge is -2.38. The van der Waals surface area contributed by atoms with Crippen LogP contribution in [0.3, 0.4) is 0 Å². The Hall–Kier alpha value is -3.25. The number of nitro groups is 1. The van der Waals surface area contributed by atoms with Crippen molar-refractivity contribution in [1.29, 1.82) is 0 Å². The average Bonchev–Trinajstić information content (AvgIpc) is 3.46. The van der Waals surface area contributed by atoms with Gasteiger partial charge in [0, 0.05) is 18.4 Å². The molecule has 0 bridgehead atoms. The lowest BCUT2D eigenvalue weighted by molar-refractivity contribution is -0.536. The third kappa shape index (κ3) is 5.28. The summed E-state index contributed by atoms with van der Waals surface area (Å²) < 4.78 is 20.5. The van der Waals surface area contributed by atoms with Crippen LogP contribution in [0.15, 0.2) is 35.7 Å². The summed E-state index contributed by atoms with van der Waals surface area (Å²) in [7, 11) is 0. The summed E-state index contributed by atoms with van der Waals surface area (Å²) >= 11 is 1.30. The molecule has 12 heteroatoms. The van der Waals surface area contributed by atoms with E-state index >= 15 is 4.39 Å². The molecule has 0 saturated carbocycles. The normalized spacial score (nSPS) is 21.3. The molecular weight excluding hydrogens is 465 g/mol. The fourth-order valence-electron chi connectivity index (χ4n) is 4.26. The van der Waals surface area contributed by atoms with E-state index in [4.69, 9.17) is 4.74 Å². The van der Waals surface area contributed by atoms with Crippen molar-refractivity contribution in [2.45, 2.75) is 44.6 Å². The van der Waals surface area contributed by atoms with Gasteiger partial charge in [0.1, 0.15) is 11.9 Å². The molecule has 10 nitrogen and oxygen atoms in total. The van der Waals surface area contributed by atoms with E-state index in [1.807, 2.05) is 4.90 Å². The largest absolute Gasteiger partial charge is 0.442 e. The highest BCUT2D eigenvalue weighted by Crippen LogP contribution is 2.32. The number of halogens is 1. The maximum absolute atomic E-state index is 15.3. The first kappa shape index (κ1) is 23.9. The quantitative estimate of drug-likeness (QED) is 0.331. The van der Waals surface area contributed by atoms with Crippen LogP contribution in [0.5, 0.6) is 0 Å². The number of nitrogens with zero attached hydrogens (tertiary/aromatic N) is 3. The van der Waals surface area contributed by atoms with Gasteiger partial charge in [-0.2, -0.15) is 0 Å². The van der Waals surface area contributed by atoms with Crippen molar-refractivity contribution in [2.75, 3.05) is 29.4 Å². The number of rotatable bonds is 8. The molecule has 0 radical (unpaired) electrons. The molecule has 2 fully saturated rings. The van der Waals surface area contributed by atoms with Gasteiger partial charge in [-0.15, -0.1) is 11.3 Å². The SMILES string of the molecule is CC(=O)NC[C@H]1CN(c2ccc(N3CCCC[C@H]3N[C@H](c3cccs3)[N+](=O)[O-])c(F)c2)C(=O)O1. The molecule has 2 amide bonds. The average molecular weight is 492 g/mol. The zero-order valence-electron chi connectivity index (χ0n) is 18.6. The van der Waals surface area contributed by atoms with Crippen molar-refractivity contribution in [2.24, 2.45) is 0 Å². The summed E-state index contributed by atoms with van der Waals surface area (Å²) in [6.45, 7) is 2.30. The Bertz CT molecular complexity index is 1050.